The highest BCUT2D eigenvalue weighted by atomic mass is 35.5. The SMILES string of the molecule is C=CCn1c(SCC(=O)Nc2ccc(C(C)=O)cc2)nnc1C(C)Oc1ccc(Cl)cc1Cl. The summed E-state index contributed by atoms with van der Waals surface area (Å²) in [5.74, 6) is 0.941. The Balaban J connectivity index is 1.66. The summed E-state index contributed by atoms with van der Waals surface area (Å²) in [6.07, 6.45) is 1.26. The van der Waals surface area contributed by atoms with Crippen molar-refractivity contribution in [3.63, 3.8) is 0 Å². The van der Waals surface area contributed by atoms with Crippen LogP contribution in [-0.4, -0.2) is 32.2 Å². The number of nitrogens with zero attached hydrogens (tertiary/aromatic N) is 3. The molecule has 33 heavy (non-hydrogen) atoms. The van der Waals surface area contributed by atoms with Crippen LogP contribution in [0.1, 0.15) is 36.1 Å². The maximum atomic E-state index is 12.4. The number of thioether (sulfide) groups is 1. The van der Waals surface area contributed by atoms with Crippen molar-refractivity contribution >= 4 is 52.3 Å². The van der Waals surface area contributed by atoms with Gasteiger partial charge in [-0.15, -0.1) is 16.8 Å². The second kappa shape index (κ2) is 11.4. The van der Waals surface area contributed by atoms with E-state index in [1.54, 1.807) is 48.5 Å². The number of aromatic nitrogens is 3. The topological polar surface area (TPSA) is 86.1 Å². The van der Waals surface area contributed by atoms with Crippen molar-refractivity contribution in [2.75, 3.05) is 11.1 Å². The zero-order valence-electron chi connectivity index (χ0n) is 18.0. The Kier molecular flexibility index (Phi) is 8.55. The fraction of sp³-hybridized carbons (Fsp3) is 0.217. The van der Waals surface area contributed by atoms with Crippen molar-refractivity contribution in [2.45, 2.75) is 31.7 Å². The van der Waals surface area contributed by atoms with Crippen LogP contribution in [0.2, 0.25) is 10.0 Å². The van der Waals surface area contributed by atoms with Gasteiger partial charge in [0.05, 0.1) is 10.8 Å². The third-order valence-electron chi connectivity index (χ3n) is 4.53. The zero-order valence-corrected chi connectivity index (χ0v) is 20.4. The first kappa shape index (κ1) is 24.8. The third kappa shape index (κ3) is 6.60. The van der Waals surface area contributed by atoms with Gasteiger partial charge in [0.1, 0.15) is 5.75 Å². The first-order chi connectivity index (χ1) is 15.8. The summed E-state index contributed by atoms with van der Waals surface area (Å²) in [6, 6.07) is 11.7. The molecule has 0 bridgehead atoms. The molecule has 1 atom stereocenters. The van der Waals surface area contributed by atoms with E-state index in [4.69, 9.17) is 27.9 Å². The Morgan fingerprint density at radius 2 is 1.94 bits per heavy atom. The number of benzene rings is 2. The van der Waals surface area contributed by atoms with Crippen LogP contribution in [0.15, 0.2) is 60.3 Å². The van der Waals surface area contributed by atoms with Gasteiger partial charge in [-0.25, -0.2) is 0 Å². The van der Waals surface area contributed by atoms with E-state index in [2.05, 4.69) is 22.1 Å². The lowest BCUT2D eigenvalue weighted by atomic mass is 10.1. The fourth-order valence-corrected chi connectivity index (χ4v) is 4.15. The largest absolute Gasteiger partial charge is 0.481 e. The minimum atomic E-state index is -0.459. The van der Waals surface area contributed by atoms with E-state index in [0.29, 0.717) is 44.6 Å². The molecular formula is C23H22Cl2N4O3S. The summed E-state index contributed by atoms with van der Waals surface area (Å²) in [7, 11) is 0. The monoisotopic (exact) mass is 504 g/mol. The Hall–Kier alpha value is -2.81. The van der Waals surface area contributed by atoms with Crippen molar-refractivity contribution in [1.82, 2.24) is 14.8 Å². The minimum absolute atomic E-state index is 0.0302. The summed E-state index contributed by atoms with van der Waals surface area (Å²) < 4.78 is 7.79. The summed E-state index contributed by atoms with van der Waals surface area (Å²) in [6.45, 7) is 7.56. The molecule has 0 radical (unpaired) electrons. The second-order valence-electron chi connectivity index (χ2n) is 7.05. The molecule has 0 aliphatic carbocycles. The molecule has 0 saturated carbocycles. The van der Waals surface area contributed by atoms with E-state index in [0.717, 1.165) is 0 Å². The molecular weight excluding hydrogens is 483 g/mol. The standard InChI is InChI=1S/C23H22Cl2N4O3S/c1-4-11-29-22(15(3)32-20-10-7-17(24)12-19(20)25)27-28-23(29)33-13-21(31)26-18-8-5-16(6-9-18)14(2)30/h4-10,12,15H,1,11,13H2,2-3H3,(H,26,31). The molecule has 0 aliphatic heterocycles. The molecule has 3 rings (SSSR count). The first-order valence-electron chi connectivity index (χ1n) is 9.97. The molecule has 7 nitrogen and oxygen atoms in total. The van der Waals surface area contributed by atoms with Gasteiger partial charge >= 0.3 is 0 Å². The van der Waals surface area contributed by atoms with Gasteiger partial charge in [-0.05, 0) is 56.3 Å². The number of Topliss-reactive ketones (excluding diaryl/α,β-unsaturated/α-hetero) is 1. The van der Waals surface area contributed by atoms with Gasteiger partial charge < -0.3 is 10.1 Å². The van der Waals surface area contributed by atoms with Gasteiger partial charge in [0, 0.05) is 22.8 Å². The number of carbonyl (C=O) groups is 2. The second-order valence-corrected chi connectivity index (χ2v) is 8.83. The lowest BCUT2D eigenvalue weighted by Gasteiger charge is -2.16. The smallest absolute Gasteiger partial charge is 0.234 e. The highest BCUT2D eigenvalue weighted by Gasteiger charge is 2.20. The predicted molar refractivity (Wildman–Crippen MR) is 132 cm³/mol. The lowest BCUT2D eigenvalue weighted by Crippen LogP contribution is -2.15. The van der Waals surface area contributed by atoms with E-state index in [-0.39, 0.29) is 17.4 Å². The summed E-state index contributed by atoms with van der Waals surface area (Å²) in [5.41, 5.74) is 1.20. The third-order valence-corrected chi connectivity index (χ3v) is 6.02. The van der Waals surface area contributed by atoms with Crippen LogP contribution in [0, 0.1) is 0 Å². The number of halogens is 2. The van der Waals surface area contributed by atoms with Crippen molar-refractivity contribution < 1.29 is 14.3 Å². The average molecular weight is 505 g/mol. The molecule has 1 unspecified atom stereocenters. The molecule has 3 aromatic rings. The lowest BCUT2D eigenvalue weighted by molar-refractivity contribution is -0.113. The van der Waals surface area contributed by atoms with Gasteiger partial charge in [0.15, 0.2) is 22.9 Å². The number of nitrogens with one attached hydrogen (secondary N) is 1. The molecule has 0 spiro atoms. The quantitative estimate of drug-likeness (QED) is 0.212. The van der Waals surface area contributed by atoms with E-state index >= 15 is 0 Å². The van der Waals surface area contributed by atoms with E-state index < -0.39 is 6.10 Å². The van der Waals surface area contributed by atoms with Crippen LogP contribution in [0.4, 0.5) is 5.69 Å². The molecule has 1 aromatic heterocycles. The van der Waals surface area contributed by atoms with Crippen molar-refractivity contribution in [3.8, 4) is 5.75 Å². The molecule has 0 aliphatic rings. The molecule has 1 N–H and O–H groups in total. The van der Waals surface area contributed by atoms with Crippen molar-refractivity contribution in [3.05, 3.63) is 76.6 Å². The van der Waals surface area contributed by atoms with Crippen LogP contribution in [0.25, 0.3) is 0 Å². The summed E-state index contributed by atoms with van der Waals surface area (Å²) in [5, 5.41) is 12.7. The number of carbonyl (C=O) groups excluding carboxylic acids is 2. The van der Waals surface area contributed by atoms with E-state index in [1.165, 1.54) is 18.7 Å². The average Bonchev–Trinajstić information content (AvgIpc) is 3.17. The Morgan fingerprint density at radius 1 is 1.21 bits per heavy atom. The number of ketones is 1. The fourth-order valence-electron chi connectivity index (χ4n) is 2.94. The van der Waals surface area contributed by atoms with Gasteiger partial charge in [-0.1, -0.05) is 41.0 Å². The number of hydrogen-bond acceptors (Lipinski definition) is 6. The molecule has 172 valence electrons. The zero-order chi connectivity index (χ0) is 24.0. The molecule has 0 saturated heterocycles. The summed E-state index contributed by atoms with van der Waals surface area (Å²) >= 11 is 13.4. The maximum absolute atomic E-state index is 12.4. The maximum Gasteiger partial charge on any atom is 0.234 e. The number of rotatable bonds is 10. The van der Waals surface area contributed by atoms with Crippen LogP contribution < -0.4 is 10.1 Å². The molecule has 1 heterocycles. The van der Waals surface area contributed by atoms with Crippen LogP contribution in [0.3, 0.4) is 0 Å². The minimum Gasteiger partial charge on any atom is -0.481 e. The number of hydrogen-bond donors (Lipinski definition) is 1. The van der Waals surface area contributed by atoms with Crippen LogP contribution >= 0.6 is 35.0 Å². The van der Waals surface area contributed by atoms with Gasteiger partial charge in [-0.2, -0.15) is 0 Å². The van der Waals surface area contributed by atoms with Crippen molar-refractivity contribution in [2.24, 2.45) is 0 Å². The Morgan fingerprint density at radius 3 is 2.58 bits per heavy atom. The van der Waals surface area contributed by atoms with Gasteiger partial charge in [-0.3, -0.25) is 14.2 Å². The normalized spacial score (nSPS) is 11.6. The molecule has 2 aromatic carbocycles. The van der Waals surface area contributed by atoms with Crippen LogP contribution in [-0.2, 0) is 11.3 Å². The molecule has 0 fully saturated rings. The van der Waals surface area contributed by atoms with Crippen LogP contribution in [0.5, 0.6) is 5.75 Å². The summed E-state index contributed by atoms with van der Waals surface area (Å²) in [4.78, 5) is 23.8. The van der Waals surface area contributed by atoms with Crippen molar-refractivity contribution in [1.29, 1.82) is 0 Å². The Labute approximate surface area is 206 Å². The molecule has 10 heteroatoms. The number of amides is 1. The first-order valence-corrected chi connectivity index (χ1v) is 11.7. The number of ether oxygens (including phenoxy) is 1. The van der Waals surface area contributed by atoms with Gasteiger partial charge in [0.25, 0.3) is 0 Å². The van der Waals surface area contributed by atoms with E-state index in [1.807, 2.05) is 11.5 Å². The Bertz CT molecular complexity index is 1170. The molecule has 1 amide bonds. The highest BCUT2D eigenvalue weighted by molar-refractivity contribution is 7.99. The predicted octanol–water partition coefficient (Wildman–Crippen LogP) is 5.84. The highest BCUT2D eigenvalue weighted by Crippen LogP contribution is 2.31. The van der Waals surface area contributed by atoms with E-state index in [9.17, 15) is 9.59 Å². The van der Waals surface area contributed by atoms with Gasteiger partial charge in [0.2, 0.25) is 5.91 Å². The number of allylic oxidation sites excluding steroid dienone is 1. The number of anilines is 1.